The van der Waals surface area contributed by atoms with Gasteiger partial charge in [-0.2, -0.15) is 4.31 Å². The van der Waals surface area contributed by atoms with Crippen LogP contribution in [-0.4, -0.2) is 62.4 Å². The van der Waals surface area contributed by atoms with Crippen molar-refractivity contribution in [2.24, 2.45) is 5.92 Å². The van der Waals surface area contributed by atoms with E-state index in [-0.39, 0.29) is 24.8 Å². The fourth-order valence-corrected chi connectivity index (χ4v) is 4.65. The molecular formula is C16H21N3O5S. The second-order valence-corrected chi connectivity index (χ2v) is 8.81. The Kier molecular flexibility index (Phi) is 3.99. The van der Waals surface area contributed by atoms with Gasteiger partial charge >= 0.3 is 6.03 Å². The van der Waals surface area contributed by atoms with E-state index in [4.69, 9.17) is 9.47 Å². The average Bonchev–Trinajstić information content (AvgIpc) is 2.81. The van der Waals surface area contributed by atoms with Crippen molar-refractivity contribution in [3.05, 3.63) is 18.2 Å². The second kappa shape index (κ2) is 6.06. The molecule has 2 atom stereocenters. The zero-order valence-electron chi connectivity index (χ0n) is 14.0. The van der Waals surface area contributed by atoms with Crippen molar-refractivity contribution in [1.82, 2.24) is 9.21 Å². The molecule has 8 nitrogen and oxygen atoms in total. The molecule has 3 saturated heterocycles. The van der Waals surface area contributed by atoms with E-state index in [2.05, 4.69) is 5.32 Å². The largest absolute Gasteiger partial charge is 0.454 e. The number of benzene rings is 1. The van der Waals surface area contributed by atoms with Crippen LogP contribution in [0, 0.1) is 5.92 Å². The molecule has 25 heavy (non-hydrogen) atoms. The summed E-state index contributed by atoms with van der Waals surface area (Å²) in [6, 6.07) is 4.97. The first-order valence-electron chi connectivity index (χ1n) is 8.32. The first-order valence-corrected chi connectivity index (χ1v) is 10.2. The second-order valence-electron chi connectivity index (χ2n) is 6.83. The molecule has 0 unspecified atom stereocenters. The topological polar surface area (TPSA) is 88.2 Å². The number of anilines is 1. The first kappa shape index (κ1) is 16.5. The molecule has 0 saturated carbocycles. The zero-order chi connectivity index (χ0) is 17.6. The fraction of sp³-hybridized carbons (Fsp3) is 0.562. The predicted octanol–water partition coefficient (Wildman–Crippen LogP) is 1.30. The minimum absolute atomic E-state index is 0.0949. The number of amides is 2. The number of hydrogen-bond acceptors (Lipinski definition) is 5. The molecule has 136 valence electrons. The normalized spacial score (nSPS) is 25.7. The third kappa shape index (κ3) is 3.25. The van der Waals surface area contributed by atoms with Crippen LogP contribution >= 0.6 is 0 Å². The highest BCUT2D eigenvalue weighted by Crippen LogP contribution is 2.35. The van der Waals surface area contributed by atoms with Gasteiger partial charge in [0.25, 0.3) is 0 Å². The number of nitrogens with zero attached hydrogens (tertiary/aromatic N) is 2. The van der Waals surface area contributed by atoms with Gasteiger partial charge in [-0.25, -0.2) is 13.2 Å². The van der Waals surface area contributed by atoms with Crippen molar-refractivity contribution in [3.63, 3.8) is 0 Å². The highest BCUT2D eigenvalue weighted by atomic mass is 32.2. The monoisotopic (exact) mass is 367 g/mol. The van der Waals surface area contributed by atoms with E-state index >= 15 is 0 Å². The van der Waals surface area contributed by atoms with Crippen LogP contribution in [0.1, 0.15) is 12.8 Å². The molecule has 0 aromatic heterocycles. The maximum atomic E-state index is 12.7. The van der Waals surface area contributed by atoms with Crippen LogP contribution in [0.25, 0.3) is 0 Å². The Morgan fingerprint density at radius 1 is 1.16 bits per heavy atom. The van der Waals surface area contributed by atoms with Crippen molar-refractivity contribution in [2.75, 3.05) is 38.0 Å². The van der Waals surface area contributed by atoms with Crippen LogP contribution < -0.4 is 14.8 Å². The number of rotatable bonds is 2. The van der Waals surface area contributed by atoms with Crippen LogP contribution in [0.15, 0.2) is 18.2 Å². The molecule has 1 aromatic rings. The molecule has 4 heterocycles. The number of piperidine rings is 1. The number of fused-ring (bicyclic) bond motifs is 5. The van der Waals surface area contributed by atoms with Gasteiger partial charge in [0.05, 0.1) is 6.26 Å². The summed E-state index contributed by atoms with van der Waals surface area (Å²) in [5.41, 5.74) is 0.634. The third-order valence-electron chi connectivity index (χ3n) is 5.03. The number of ether oxygens (including phenoxy) is 2. The predicted molar refractivity (Wildman–Crippen MR) is 91.2 cm³/mol. The zero-order valence-corrected chi connectivity index (χ0v) is 14.8. The minimum Gasteiger partial charge on any atom is -0.454 e. The number of urea groups is 1. The molecular weight excluding hydrogens is 346 g/mol. The van der Waals surface area contributed by atoms with E-state index in [0.717, 1.165) is 12.8 Å². The van der Waals surface area contributed by atoms with Crippen LogP contribution in [0.3, 0.4) is 0 Å². The highest BCUT2D eigenvalue weighted by molar-refractivity contribution is 7.88. The van der Waals surface area contributed by atoms with Gasteiger partial charge in [-0.15, -0.1) is 0 Å². The molecule has 3 fully saturated rings. The van der Waals surface area contributed by atoms with E-state index in [1.165, 1.54) is 10.6 Å². The molecule has 9 heteroatoms. The van der Waals surface area contributed by atoms with Gasteiger partial charge in [-0.1, -0.05) is 0 Å². The Morgan fingerprint density at radius 3 is 2.76 bits per heavy atom. The Labute approximate surface area is 146 Å². The third-order valence-corrected chi connectivity index (χ3v) is 6.27. The molecule has 0 spiro atoms. The van der Waals surface area contributed by atoms with Crippen molar-refractivity contribution in [1.29, 1.82) is 0 Å². The van der Waals surface area contributed by atoms with Crippen LogP contribution in [-0.2, 0) is 10.0 Å². The van der Waals surface area contributed by atoms with Gasteiger partial charge in [0.1, 0.15) is 0 Å². The first-order chi connectivity index (χ1) is 11.9. The summed E-state index contributed by atoms with van der Waals surface area (Å²) in [6.07, 6.45) is 3.00. The number of nitrogens with one attached hydrogen (secondary N) is 1. The Morgan fingerprint density at radius 2 is 1.96 bits per heavy atom. The highest BCUT2D eigenvalue weighted by Gasteiger charge is 2.39. The van der Waals surface area contributed by atoms with Gasteiger partial charge in [0, 0.05) is 37.4 Å². The van der Waals surface area contributed by atoms with Crippen molar-refractivity contribution >= 4 is 21.7 Å². The quantitative estimate of drug-likeness (QED) is 0.851. The maximum absolute atomic E-state index is 12.7. The van der Waals surface area contributed by atoms with Gasteiger partial charge in [0.2, 0.25) is 16.8 Å². The van der Waals surface area contributed by atoms with E-state index in [1.807, 2.05) is 0 Å². The summed E-state index contributed by atoms with van der Waals surface area (Å²) < 4.78 is 35.9. The molecule has 0 aliphatic carbocycles. The number of carbonyl (C=O) groups excluding carboxylic acids is 1. The average molecular weight is 367 g/mol. The van der Waals surface area contributed by atoms with Crippen LogP contribution in [0.4, 0.5) is 10.5 Å². The van der Waals surface area contributed by atoms with Crippen LogP contribution in [0.2, 0.25) is 0 Å². The molecule has 1 aromatic carbocycles. The molecule has 0 radical (unpaired) electrons. The van der Waals surface area contributed by atoms with E-state index in [9.17, 15) is 13.2 Å². The molecule has 4 aliphatic rings. The Balaban J connectivity index is 1.49. The van der Waals surface area contributed by atoms with Crippen molar-refractivity contribution in [3.8, 4) is 11.5 Å². The number of sulfonamides is 1. The molecule has 1 N–H and O–H groups in total. The lowest BCUT2D eigenvalue weighted by Crippen LogP contribution is -2.49. The summed E-state index contributed by atoms with van der Waals surface area (Å²) >= 11 is 0. The lowest BCUT2D eigenvalue weighted by molar-refractivity contribution is 0.153. The molecule has 2 amide bonds. The Bertz CT molecular complexity index is 797. The lowest BCUT2D eigenvalue weighted by Gasteiger charge is -2.36. The summed E-state index contributed by atoms with van der Waals surface area (Å²) in [6.45, 7) is 1.62. The maximum Gasteiger partial charge on any atom is 0.322 e. The van der Waals surface area contributed by atoms with Gasteiger partial charge in [0.15, 0.2) is 11.5 Å². The number of hydrogen-bond donors (Lipinski definition) is 1. The SMILES string of the molecule is CS(=O)(=O)N1C[C@@H]2CC[C@H](C1)N(C(=O)Nc1ccc3c(c1)OCO3)C2. The fourth-order valence-electron chi connectivity index (χ4n) is 3.73. The molecule has 4 aliphatic heterocycles. The van der Waals surface area contributed by atoms with Crippen molar-refractivity contribution in [2.45, 2.75) is 18.9 Å². The molecule has 5 rings (SSSR count). The summed E-state index contributed by atoms with van der Waals surface area (Å²) in [7, 11) is -3.25. The summed E-state index contributed by atoms with van der Waals surface area (Å²) in [5.74, 6) is 1.45. The van der Waals surface area contributed by atoms with Gasteiger partial charge in [-0.05, 0) is 30.9 Å². The van der Waals surface area contributed by atoms with Crippen LogP contribution in [0.5, 0.6) is 11.5 Å². The minimum atomic E-state index is -3.25. The van der Waals surface area contributed by atoms with E-state index < -0.39 is 10.0 Å². The summed E-state index contributed by atoms with van der Waals surface area (Å²) in [5, 5.41) is 2.89. The van der Waals surface area contributed by atoms with Crippen molar-refractivity contribution < 1.29 is 22.7 Å². The van der Waals surface area contributed by atoms with E-state index in [0.29, 0.717) is 36.8 Å². The summed E-state index contributed by atoms with van der Waals surface area (Å²) in [4.78, 5) is 14.5. The number of carbonyl (C=O) groups is 1. The Hall–Kier alpha value is -2.00. The lowest BCUT2D eigenvalue weighted by atomic mass is 9.95. The smallest absolute Gasteiger partial charge is 0.322 e. The van der Waals surface area contributed by atoms with E-state index in [1.54, 1.807) is 23.1 Å². The van der Waals surface area contributed by atoms with Gasteiger partial charge in [-0.3, -0.25) is 0 Å². The standard InChI is InChI=1S/C16H21N3O5S/c1-25(21,22)18-7-11-2-4-13(9-18)19(8-11)16(20)17-12-3-5-14-15(6-12)24-10-23-14/h3,5-6,11,13H,2,4,7-10H2,1H3,(H,17,20)/t11-,13+/m0/s1. The molecule has 2 bridgehead atoms. The van der Waals surface area contributed by atoms with Gasteiger partial charge < -0.3 is 19.7 Å².